The van der Waals surface area contributed by atoms with Crippen LogP contribution in [0.25, 0.3) is 11.7 Å². The minimum Gasteiger partial charge on any atom is -0.462 e. The van der Waals surface area contributed by atoms with Crippen LogP contribution in [0.1, 0.15) is 10.7 Å². The zero-order chi connectivity index (χ0) is 9.97. The standard InChI is InChI=1S/C8H6N2O4/c1-12-8(11)7-10-9-6(14-7)5-3-2-4-13-5/h2-4H,1H3. The molecule has 0 atom stereocenters. The van der Waals surface area contributed by atoms with Gasteiger partial charge in [-0.2, -0.15) is 0 Å². The van der Waals surface area contributed by atoms with Gasteiger partial charge in [-0.05, 0) is 12.1 Å². The highest BCUT2D eigenvalue weighted by Gasteiger charge is 2.16. The molecule has 6 nitrogen and oxygen atoms in total. The number of furan rings is 1. The fourth-order valence-corrected chi connectivity index (χ4v) is 0.893. The summed E-state index contributed by atoms with van der Waals surface area (Å²) in [6.45, 7) is 0. The third kappa shape index (κ3) is 1.37. The Balaban J connectivity index is 2.31. The molecule has 0 N–H and O–H groups in total. The topological polar surface area (TPSA) is 78.4 Å². The Hall–Kier alpha value is -2.11. The fraction of sp³-hybridized carbons (Fsp3) is 0.125. The molecule has 2 aromatic rings. The van der Waals surface area contributed by atoms with Gasteiger partial charge in [-0.1, -0.05) is 0 Å². The summed E-state index contributed by atoms with van der Waals surface area (Å²) in [5.41, 5.74) is 0. The zero-order valence-corrected chi connectivity index (χ0v) is 7.26. The van der Waals surface area contributed by atoms with E-state index in [-0.39, 0.29) is 11.8 Å². The molecule has 14 heavy (non-hydrogen) atoms. The van der Waals surface area contributed by atoms with Crippen molar-refractivity contribution in [1.82, 2.24) is 10.2 Å². The molecule has 0 saturated heterocycles. The Bertz CT molecular complexity index is 432. The second-order valence-electron chi connectivity index (χ2n) is 2.38. The third-order valence-electron chi connectivity index (χ3n) is 1.52. The molecule has 0 bridgehead atoms. The Morgan fingerprint density at radius 1 is 1.50 bits per heavy atom. The number of esters is 1. The molecule has 0 aliphatic carbocycles. The molecule has 2 heterocycles. The van der Waals surface area contributed by atoms with E-state index < -0.39 is 5.97 Å². The van der Waals surface area contributed by atoms with Crippen LogP contribution in [0, 0.1) is 0 Å². The Morgan fingerprint density at radius 3 is 3.00 bits per heavy atom. The van der Waals surface area contributed by atoms with Crippen molar-refractivity contribution in [3.63, 3.8) is 0 Å². The number of ether oxygens (including phenoxy) is 1. The number of nitrogens with zero attached hydrogens (tertiary/aromatic N) is 2. The molecule has 0 aliphatic heterocycles. The number of rotatable bonds is 2. The van der Waals surface area contributed by atoms with E-state index >= 15 is 0 Å². The monoisotopic (exact) mass is 194 g/mol. The fourth-order valence-electron chi connectivity index (χ4n) is 0.893. The van der Waals surface area contributed by atoms with Gasteiger partial charge >= 0.3 is 11.9 Å². The Kier molecular flexibility index (Phi) is 2.02. The largest absolute Gasteiger partial charge is 0.462 e. The maximum atomic E-state index is 10.9. The highest BCUT2D eigenvalue weighted by Crippen LogP contribution is 2.17. The lowest BCUT2D eigenvalue weighted by molar-refractivity contribution is 0.0556. The van der Waals surface area contributed by atoms with Crippen molar-refractivity contribution in [2.45, 2.75) is 0 Å². The van der Waals surface area contributed by atoms with Gasteiger partial charge in [0.15, 0.2) is 5.76 Å². The van der Waals surface area contributed by atoms with Crippen LogP contribution >= 0.6 is 0 Å². The lowest BCUT2D eigenvalue weighted by Gasteiger charge is -1.89. The van der Waals surface area contributed by atoms with Crippen molar-refractivity contribution < 1.29 is 18.4 Å². The number of hydrogen-bond donors (Lipinski definition) is 0. The van der Waals surface area contributed by atoms with Crippen molar-refractivity contribution in [2.75, 3.05) is 7.11 Å². The van der Waals surface area contributed by atoms with Gasteiger partial charge in [0, 0.05) is 0 Å². The summed E-state index contributed by atoms with van der Waals surface area (Å²) >= 11 is 0. The molecule has 0 unspecified atom stereocenters. The average molecular weight is 194 g/mol. The molecular formula is C8H6N2O4. The molecule has 0 radical (unpaired) electrons. The number of carbonyl (C=O) groups excluding carboxylic acids is 1. The van der Waals surface area contributed by atoms with Gasteiger partial charge in [-0.3, -0.25) is 0 Å². The smallest absolute Gasteiger partial charge is 0.396 e. The van der Waals surface area contributed by atoms with E-state index in [1.165, 1.54) is 13.4 Å². The maximum Gasteiger partial charge on any atom is 0.396 e. The molecule has 0 amide bonds. The minimum atomic E-state index is -0.671. The Labute approximate surface area is 78.5 Å². The van der Waals surface area contributed by atoms with Crippen molar-refractivity contribution in [3.8, 4) is 11.7 Å². The van der Waals surface area contributed by atoms with E-state index in [4.69, 9.17) is 8.83 Å². The van der Waals surface area contributed by atoms with Crippen LogP contribution < -0.4 is 0 Å². The minimum absolute atomic E-state index is 0.149. The quantitative estimate of drug-likeness (QED) is 0.666. The summed E-state index contributed by atoms with van der Waals surface area (Å²) in [5, 5.41) is 7.11. The van der Waals surface area contributed by atoms with E-state index in [9.17, 15) is 4.79 Å². The van der Waals surface area contributed by atoms with Crippen LogP contribution in [-0.2, 0) is 4.74 Å². The first-order valence-corrected chi connectivity index (χ1v) is 3.77. The first kappa shape index (κ1) is 8.49. The van der Waals surface area contributed by atoms with E-state index in [1.54, 1.807) is 12.1 Å². The molecule has 2 rings (SSSR count). The molecular weight excluding hydrogens is 188 g/mol. The predicted octanol–water partition coefficient (Wildman–Crippen LogP) is 1.12. The average Bonchev–Trinajstić information content (AvgIpc) is 2.86. The van der Waals surface area contributed by atoms with Gasteiger partial charge in [0.25, 0.3) is 5.89 Å². The first-order valence-electron chi connectivity index (χ1n) is 3.77. The molecule has 0 aromatic carbocycles. The number of hydrogen-bond acceptors (Lipinski definition) is 6. The van der Waals surface area contributed by atoms with Crippen molar-refractivity contribution in [3.05, 3.63) is 24.3 Å². The summed E-state index contributed by atoms with van der Waals surface area (Å²) < 4.78 is 14.4. The number of aromatic nitrogens is 2. The van der Waals surface area contributed by atoms with Crippen molar-refractivity contribution in [1.29, 1.82) is 0 Å². The number of methoxy groups -OCH3 is 1. The lowest BCUT2D eigenvalue weighted by Crippen LogP contribution is -2.00. The summed E-state index contributed by atoms with van der Waals surface area (Å²) in [6.07, 6.45) is 1.47. The summed E-state index contributed by atoms with van der Waals surface area (Å²) in [5.74, 6) is -0.308. The molecule has 0 saturated carbocycles. The molecule has 0 spiro atoms. The van der Waals surface area contributed by atoms with E-state index in [0.717, 1.165) is 0 Å². The van der Waals surface area contributed by atoms with Crippen LogP contribution in [0.5, 0.6) is 0 Å². The first-order chi connectivity index (χ1) is 6.81. The van der Waals surface area contributed by atoms with E-state index in [0.29, 0.717) is 5.76 Å². The zero-order valence-electron chi connectivity index (χ0n) is 7.26. The van der Waals surface area contributed by atoms with Gasteiger partial charge in [-0.25, -0.2) is 4.79 Å². The second kappa shape index (κ2) is 3.33. The number of carbonyl (C=O) groups is 1. The van der Waals surface area contributed by atoms with E-state index in [2.05, 4.69) is 14.9 Å². The van der Waals surface area contributed by atoms with Gasteiger partial charge in [0.05, 0.1) is 13.4 Å². The maximum absolute atomic E-state index is 10.9. The van der Waals surface area contributed by atoms with Crippen molar-refractivity contribution in [2.24, 2.45) is 0 Å². The lowest BCUT2D eigenvalue weighted by atomic mass is 10.5. The van der Waals surface area contributed by atoms with Gasteiger partial charge < -0.3 is 13.6 Å². The van der Waals surface area contributed by atoms with Crippen LogP contribution in [0.4, 0.5) is 0 Å². The van der Waals surface area contributed by atoms with Crippen LogP contribution in [-0.4, -0.2) is 23.3 Å². The van der Waals surface area contributed by atoms with Gasteiger partial charge in [-0.15, -0.1) is 10.2 Å². The molecule has 72 valence electrons. The van der Waals surface area contributed by atoms with Crippen LogP contribution in [0.3, 0.4) is 0 Å². The normalized spacial score (nSPS) is 10.1. The molecule has 0 fully saturated rings. The predicted molar refractivity (Wildman–Crippen MR) is 43.3 cm³/mol. The highest BCUT2D eigenvalue weighted by molar-refractivity contribution is 5.84. The van der Waals surface area contributed by atoms with Gasteiger partial charge in [0.1, 0.15) is 0 Å². The second-order valence-corrected chi connectivity index (χ2v) is 2.38. The Morgan fingerprint density at radius 2 is 2.36 bits per heavy atom. The highest BCUT2D eigenvalue weighted by atomic mass is 16.5. The molecule has 0 aliphatic rings. The molecule has 6 heteroatoms. The summed E-state index contributed by atoms with van der Waals surface area (Å²) in [6, 6.07) is 3.33. The van der Waals surface area contributed by atoms with Crippen LogP contribution in [0.2, 0.25) is 0 Å². The van der Waals surface area contributed by atoms with Crippen LogP contribution in [0.15, 0.2) is 27.2 Å². The molecule has 2 aromatic heterocycles. The van der Waals surface area contributed by atoms with E-state index in [1.807, 2.05) is 0 Å². The summed E-state index contributed by atoms with van der Waals surface area (Å²) in [4.78, 5) is 10.9. The van der Waals surface area contributed by atoms with Crippen molar-refractivity contribution >= 4 is 5.97 Å². The summed E-state index contributed by atoms with van der Waals surface area (Å²) in [7, 11) is 1.24. The SMILES string of the molecule is COC(=O)c1nnc(-c2ccco2)o1. The third-order valence-corrected chi connectivity index (χ3v) is 1.52. The van der Waals surface area contributed by atoms with Gasteiger partial charge in [0.2, 0.25) is 0 Å².